The molecule has 0 bridgehead atoms. The Labute approximate surface area is 153 Å². The second kappa shape index (κ2) is 7.10. The second-order valence-corrected chi connectivity index (χ2v) is 7.19. The minimum absolute atomic E-state index is 0.378. The predicted octanol–water partition coefficient (Wildman–Crippen LogP) is 3.18. The molecule has 5 unspecified atom stereocenters. The van der Waals surface area contributed by atoms with Gasteiger partial charge in [-0.25, -0.2) is 0 Å². The summed E-state index contributed by atoms with van der Waals surface area (Å²) in [7, 11) is 0. The van der Waals surface area contributed by atoms with Gasteiger partial charge in [-0.3, -0.25) is 0 Å². The molecular formula is C21H24O5. The van der Waals surface area contributed by atoms with Gasteiger partial charge in [-0.05, 0) is 25.0 Å². The summed E-state index contributed by atoms with van der Waals surface area (Å²) < 4.78 is 24.0. The predicted molar refractivity (Wildman–Crippen MR) is 95.1 cm³/mol. The van der Waals surface area contributed by atoms with Gasteiger partial charge < -0.3 is 24.1 Å². The van der Waals surface area contributed by atoms with Gasteiger partial charge in [-0.1, -0.05) is 60.7 Å². The smallest absolute Gasteiger partial charge is 0.190 e. The van der Waals surface area contributed by atoms with Crippen molar-refractivity contribution in [1.82, 2.24) is 0 Å². The van der Waals surface area contributed by atoms with Crippen LogP contribution in [0.2, 0.25) is 0 Å². The standard InChI is InChI=1S/C21H24O5/c1-21(2)25-19-18(23-13-14-9-5-3-6-10-14)17(24-20(19)26-21)16(22)15-11-7-4-8-12-15/h3-12,16-20,22H,13H2,1-2H3. The molecule has 2 aliphatic heterocycles. The van der Waals surface area contributed by atoms with Crippen molar-refractivity contribution >= 4 is 0 Å². The van der Waals surface area contributed by atoms with Crippen LogP contribution in [0.1, 0.15) is 31.1 Å². The Morgan fingerprint density at radius 3 is 2.35 bits per heavy atom. The third-order valence-electron chi connectivity index (χ3n) is 4.76. The van der Waals surface area contributed by atoms with E-state index < -0.39 is 30.4 Å². The van der Waals surface area contributed by atoms with E-state index in [9.17, 15) is 5.11 Å². The zero-order chi connectivity index (χ0) is 18.1. The third kappa shape index (κ3) is 3.54. The third-order valence-corrected chi connectivity index (χ3v) is 4.76. The van der Waals surface area contributed by atoms with Gasteiger partial charge in [0.1, 0.15) is 24.4 Å². The summed E-state index contributed by atoms with van der Waals surface area (Å²) in [5.41, 5.74) is 1.84. The highest BCUT2D eigenvalue weighted by atomic mass is 16.8. The number of aliphatic hydroxyl groups is 1. The van der Waals surface area contributed by atoms with Gasteiger partial charge >= 0.3 is 0 Å². The van der Waals surface area contributed by atoms with E-state index in [1.807, 2.05) is 74.5 Å². The Hall–Kier alpha value is -1.76. The zero-order valence-electron chi connectivity index (χ0n) is 14.9. The van der Waals surface area contributed by atoms with E-state index in [-0.39, 0.29) is 6.10 Å². The highest BCUT2D eigenvalue weighted by molar-refractivity contribution is 5.20. The van der Waals surface area contributed by atoms with Crippen molar-refractivity contribution in [3.05, 3.63) is 71.8 Å². The first-order valence-electron chi connectivity index (χ1n) is 8.93. The van der Waals surface area contributed by atoms with E-state index in [4.69, 9.17) is 18.9 Å². The van der Waals surface area contributed by atoms with Gasteiger partial charge in [0.2, 0.25) is 0 Å². The molecule has 5 heteroatoms. The normalized spacial score (nSPS) is 30.9. The number of benzene rings is 2. The fourth-order valence-corrected chi connectivity index (χ4v) is 3.55. The van der Waals surface area contributed by atoms with Gasteiger partial charge in [0.15, 0.2) is 12.1 Å². The minimum atomic E-state index is -0.821. The Kier molecular flexibility index (Phi) is 4.82. The van der Waals surface area contributed by atoms with Gasteiger partial charge in [-0.15, -0.1) is 0 Å². The lowest BCUT2D eigenvalue weighted by Crippen LogP contribution is -2.39. The number of aliphatic hydroxyl groups excluding tert-OH is 1. The highest BCUT2D eigenvalue weighted by Crippen LogP contribution is 2.42. The Morgan fingerprint density at radius 2 is 1.65 bits per heavy atom. The Morgan fingerprint density at radius 1 is 1.00 bits per heavy atom. The molecule has 0 radical (unpaired) electrons. The summed E-state index contributed by atoms with van der Waals surface area (Å²) in [6, 6.07) is 19.4. The van der Waals surface area contributed by atoms with Crippen molar-refractivity contribution in [3.63, 3.8) is 0 Å². The van der Waals surface area contributed by atoms with Crippen LogP contribution in [0, 0.1) is 0 Å². The molecule has 0 saturated carbocycles. The first kappa shape index (κ1) is 17.6. The van der Waals surface area contributed by atoms with Crippen molar-refractivity contribution in [2.45, 2.75) is 56.9 Å². The molecule has 2 saturated heterocycles. The maximum absolute atomic E-state index is 10.9. The number of ether oxygens (including phenoxy) is 4. The molecule has 0 aromatic heterocycles. The molecule has 2 aliphatic rings. The molecule has 5 nitrogen and oxygen atoms in total. The molecule has 2 fully saturated rings. The van der Waals surface area contributed by atoms with Crippen LogP contribution in [0.4, 0.5) is 0 Å². The summed E-state index contributed by atoms with van der Waals surface area (Å²) in [5.74, 6) is -0.730. The summed E-state index contributed by atoms with van der Waals surface area (Å²) in [6.45, 7) is 4.12. The van der Waals surface area contributed by atoms with Crippen LogP contribution >= 0.6 is 0 Å². The fraction of sp³-hybridized carbons (Fsp3) is 0.429. The van der Waals surface area contributed by atoms with Crippen molar-refractivity contribution in [2.24, 2.45) is 0 Å². The monoisotopic (exact) mass is 356 g/mol. The topological polar surface area (TPSA) is 57.2 Å². The maximum Gasteiger partial charge on any atom is 0.190 e. The molecule has 5 atom stereocenters. The van der Waals surface area contributed by atoms with Crippen LogP contribution in [0.15, 0.2) is 60.7 Å². The highest BCUT2D eigenvalue weighted by Gasteiger charge is 2.57. The maximum atomic E-state index is 10.9. The van der Waals surface area contributed by atoms with Gasteiger partial charge in [-0.2, -0.15) is 0 Å². The average molecular weight is 356 g/mol. The van der Waals surface area contributed by atoms with Gasteiger partial charge in [0.05, 0.1) is 6.61 Å². The zero-order valence-corrected chi connectivity index (χ0v) is 14.9. The van der Waals surface area contributed by atoms with Crippen molar-refractivity contribution in [2.75, 3.05) is 0 Å². The average Bonchev–Trinajstić information content (AvgIpc) is 3.12. The first-order valence-corrected chi connectivity index (χ1v) is 8.93. The molecule has 26 heavy (non-hydrogen) atoms. The van der Waals surface area contributed by atoms with Crippen LogP contribution in [0.5, 0.6) is 0 Å². The molecule has 2 aromatic rings. The second-order valence-electron chi connectivity index (χ2n) is 7.19. The summed E-state index contributed by atoms with van der Waals surface area (Å²) >= 11 is 0. The lowest BCUT2D eigenvalue weighted by atomic mass is 9.99. The molecule has 0 amide bonds. The van der Waals surface area contributed by atoms with Crippen LogP contribution in [0.25, 0.3) is 0 Å². The molecule has 0 aliphatic carbocycles. The van der Waals surface area contributed by atoms with E-state index in [1.54, 1.807) is 0 Å². The van der Waals surface area contributed by atoms with E-state index in [2.05, 4.69) is 0 Å². The molecule has 0 spiro atoms. The molecule has 2 heterocycles. The molecule has 2 aromatic carbocycles. The van der Waals surface area contributed by atoms with Gasteiger partial charge in [0.25, 0.3) is 0 Å². The fourth-order valence-electron chi connectivity index (χ4n) is 3.55. The first-order chi connectivity index (χ1) is 12.5. The van der Waals surface area contributed by atoms with Gasteiger partial charge in [0, 0.05) is 0 Å². The van der Waals surface area contributed by atoms with E-state index in [1.165, 1.54) is 0 Å². The summed E-state index contributed by atoms with van der Waals surface area (Å²) in [6.07, 6.45) is -2.74. The Bertz CT molecular complexity index is 718. The number of hydrogen-bond donors (Lipinski definition) is 1. The molecule has 138 valence electrons. The van der Waals surface area contributed by atoms with Crippen molar-refractivity contribution in [3.8, 4) is 0 Å². The van der Waals surface area contributed by atoms with Crippen LogP contribution in [0.3, 0.4) is 0 Å². The molecule has 4 rings (SSSR count). The van der Waals surface area contributed by atoms with E-state index >= 15 is 0 Å². The summed E-state index contributed by atoms with van der Waals surface area (Å²) in [4.78, 5) is 0. The quantitative estimate of drug-likeness (QED) is 0.892. The van der Waals surface area contributed by atoms with Crippen LogP contribution in [-0.4, -0.2) is 35.5 Å². The summed E-state index contributed by atoms with van der Waals surface area (Å²) in [5, 5.41) is 10.9. The number of hydrogen-bond acceptors (Lipinski definition) is 5. The van der Waals surface area contributed by atoms with Crippen molar-refractivity contribution in [1.29, 1.82) is 0 Å². The van der Waals surface area contributed by atoms with E-state index in [0.29, 0.717) is 6.61 Å². The van der Waals surface area contributed by atoms with E-state index in [0.717, 1.165) is 11.1 Å². The largest absolute Gasteiger partial charge is 0.386 e. The van der Waals surface area contributed by atoms with Crippen LogP contribution in [-0.2, 0) is 25.6 Å². The lowest BCUT2D eigenvalue weighted by Gasteiger charge is -2.28. The van der Waals surface area contributed by atoms with Crippen LogP contribution < -0.4 is 0 Å². The minimum Gasteiger partial charge on any atom is -0.386 e. The van der Waals surface area contributed by atoms with Crippen molar-refractivity contribution < 1.29 is 24.1 Å². The molecule has 1 N–H and O–H groups in total. The SMILES string of the molecule is CC1(C)OC2OC(C(O)c3ccccc3)C(OCc3ccccc3)C2O1. The molecular weight excluding hydrogens is 332 g/mol. The lowest BCUT2D eigenvalue weighted by molar-refractivity contribution is -0.231. The Balaban J connectivity index is 1.54. The number of fused-ring (bicyclic) bond motifs is 1. The number of rotatable bonds is 5.